The van der Waals surface area contributed by atoms with Gasteiger partial charge in [0, 0.05) is 16.6 Å². The first-order chi connectivity index (χ1) is 11.2. The fraction of sp³-hybridized carbons (Fsp3) is 0.176. The van der Waals surface area contributed by atoms with Crippen molar-refractivity contribution in [2.75, 3.05) is 18.8 Å². The highest BCUT2D eigenvalue weighted by atomic mass is 35.5. The van der Waals surface area contributed by atoms with E-state index in [2.05, 4.69) is 10.3 Å². The quantitative estimate of drug-likeness (QED) is 0.894. The Bertz CT molecular complexity index is 706. The number of halogens is 2. The average molecular weight is 350 g/mol. The Kier molecular flexibility index (Phi) is 4.84. The van der Waals surface area contributed by atoms with E-state index in [9.17, 15) is 0 Å². The smallest absolute Gasteiger partial charge is 0.222 e. The van der Waals surface area contributed by atoms with Crippen LogP contribution in [0.5, 0.6) is 0 Å². The normalized spacial score (nSPS) is 14.3. The van der Waals surface area contributed by atoms with E-state index in [4.69, 9.17) is 27.9 Å². The number of hydrogen-bond acceptors (Lipinski definition) is 4. The van der Waals surface area contributed by atoms with Crippen LogP contribution in [-0.4, -0.2) is 18.7 Å². The molecule has 0 unspecified atom stereocenters. The number of methoxy groups -OCH3 is 1. The van der Waals surface area contributed by atoms with Crippen LogP contribution in [0.2, 0.25) is 10.0 Å². The van der Waals surface area contributed by atoms with Crippen molar-refractivity contribution < 1.29 is 4.74 Å². The van der Waals surface area contributed by atoms with Crippen LogP contribution < -0.4 is 10.4 Å². The van der Waals surface area contributed by atoms with Crippen molar-refractivity contribution in [2.24, 2.45) is 0 Å². The molecule has 120 valence electrons. The lowest BCUT2D eigenvalue weighted by Gasteiger charge is -2.37. The van der Waals surface area contributed by atoms with E-state index in [1.807, 2.05) is 53.7 Å². The van der Waals surface area contributed by atoms with Gasteiger partial charge in [0.1, 0.15) is 6.67 Å². The number of rotatable bonds is 4. The van der Waals surface area contributed by atoms with Gasteiger partial charge >= 0.3 is 0 Å². The summed E-state index contributed by atoms with van der Waals surface area (Å²) in [5.74, 6) is 0.671. The van der Waals surface area contributed by atoms with E-state index in [1.54, 1.807) is 13.2 Å². The molecule has 6 heteroatoms. The number of nitrogens with one attached hydrogen (secondary N) is 1. The van der Waals surface area contributed by atoms with Crippen molar-refractivity contribution in [3.05, 3.63) is 76.2 Å². The maximum absolute atomic E-state index is 6.28. The van der Waals surface area contributed by atoms with Crippen molar-refractivity contribution in [3.8, 4) is 0 Å². The minimum absolute atomic E-state index is 0.637. The van der Waals surface area contributed by atoms with Crippen LogP contribution in [0.4, 0.5) is 5.69 Å². The molecular weight excluding hydrogens is 333 g/mol. The van der Waals surface area contributed by atoms with Gasteiger partial charge in [0.25, 0.3) is 0 Å². The predicted octanol–water partition coefficient (Wildman–Crippen LogP) is 4.22. The maximum atomic E-state index is 6.28. The number of para-hydroxylation sites is 1. The van der Waals surface area contributed by atoms with Gasteiger partial charge in [-0.05, 0) is 29.8 Å². The van der Waals surface area contributed by atoms with Gasteiger partial charge in [-0.25, -0.2) is 0 Å². The lowest BCUT2D eigenvalue weighted by Crippen LogP contribution is -2.48. The van der Waals surface area contributed by atoms with E-state index >= 15 is 0 Å². The molecule has 1 aliphatic rings. The second kappa shape index (κ2) is 7.02. The Morgan fingerprint density at radius 1 is 1.13 bits per heavy atom. The molecule has 2 aromatic carbocycles. The van der Waals surface area contributed by atoms with Gasteiger partial charge in [-0.15, -0.1) is 0 Å². The molecule has 1 heterocycles. The minimum atomic E-state index is 0.637. The molecular formula is C17H17Cl2N3O. The van der Waals surface area contributed by atoms with Gasteiger partial charge in [0.05, 0.1) is 19.0 Å². The second-order valence-corrected chi connectivity index (χ2v) is 6.04. The summed E-state index contributed by atoms with van der Waals surface area (Å²) in [5.41, 5.74) is 5.30. The molecule has 0 fully saturated rings. The van der Waals surface area contributed by atoms with E-state index in [1.165, 1.54) is 0 Å². The standard InChI is InChI=1S/C17H17Cl2N3O/c1-23-17-11-21(10-13-7-8-14(18)9-16(13)19)12-22(20-17)15-5-3-2-4-6-15/h2-9,11,20H,10,12H2,1H3. The largest absolute Gasteiger partial charge is 0.480 e. The average Bonchev–Trinajstić information content (AvgIpc) is 2.58. The maximum Gasteiger partial charge on any atom is 0.222 e. The summed E-state index contributed by atoms with van der Waals surface area (Å²) in [4.78, 5) is 2.12. The van der Waals surface area contributed by atoms with Gasteiger partial charge in [-0.2, -0.15) is 0 Å². The molecule has 1 aliphatic heterocycles. The number of anilines is 1. The molecule has 2 aromatic rings. The highest BCUT2D eigenvalue weighted by Gasteiger charge is 2.19. The van der Waals surface area contributed by atoms with Crippen LogP contribution in [0.3, 0.4) is 0 Å². The van der Waals surface area contributed by atoms with Crippen molar-refractivity contribution in [1.29, 1.82) is 0 Å². The summed E-state index contributed by atoms with van der Waals surface area (Å²) in [5, 5.41) is 3.32. The molecule has 0 radical (unpaired) electrons. The highest BCUT2D eigenvalue weighted by Crippen LogP contribution is 2.24. The van der Waals surface area contributed by atoms with E-state index in [-0.39, 0.29) is 0 Å². The number of hydrogen-bond donors (Lipinski definition) is 1. The van der Waals surface area contributed by atoms with Gasteiger partial charge in [0.2, 0.25) is 5.88 Å². The molecule has 0 aliphatic carbocycles. The van der Waals surface area contributed by atoms with Crippen LogP contribution in [0, 0.1) is 0 Å². The zero-order valence-electron chi connectivity index (χ0n) is 12.7. The van der Waals surface area contributed by atoms with Crippen LogP contribution in [0.1, 0.15) is 5.56 Å². The molecule has 4 nitrogen and oxygen atoms in total. The monoisotopic (exact) mass is 349 g/mol. The number of hydrazine groups is 1. The molecule has 0 saturated carbocycles. The van der Waals surface area contributed by atoms with Crippen LogP contribution >= 0.6 is 23.2 Å². The minimum Gasteiger partial charge on any atom is -0.480 e. The molecule has 23 heavy (non-hydrogen) atoms. The number of ether oxygens (including phenoxy) is 1. The van der Waals surface area contributed by atoms with Gasteiger partial charge in [-0.3, -0.25) is 10.4 Å². The summed E-state index contributed by atoms with van der Waals surface area (Å²) in [7, 11) is 1.64. The lowest BCUT2D eigenvalue weighted by molar-refractivity contribution is 0.207. The Balaban J connectivity index is 1.80. The third-order valence-corrected chi connectivity index (χ3v) is 4.13. The Morgan fingerprint density at radius 3 is 2.61 bits per heavy atom. The van der Waals surface area contributed by atoms with E-state index < -0.39 is 0 Å². The number of nitrogens with zero attached hydrogens (tertiary/aromatic N) is 2. The molecule has 0 saturated heterocycles. The third kappa shape index (κ3) is 3.84. The van der Waals surface area contributed by atoms with Crippen LogP contribution in [0.25, 0.3) is 0 Å². The van der Waals surface area contributed by atoms with Crippen LogP contribution in [0.15, 0.2) is 60.6 Å². The van der Waals surface area contributed by atoms with Gasteiger partial charge < -0.3 is 9.64 Å². The summed E-state index contributed by atoms with van der Waals surface area (Å²) in [6, 6.07) is 15.6. The SMILES string of the molecule is COC1=CN(Cc2ccc(Cl)cc2Cl)CN(c2ccccc2)N1. The molecule has 0 bridgehead atoms. The van der Waals surface area contributed by atoms with Gasteiger partial charge in [0.15, 0.2) is 0 Å². The molecule has 3 rings (SSSR count). The zero-order valence-corrected chi connectivity index (χ0v) is 14.2. The Hall–Kier alpha value is -2.04. The summed E-state index contributed by atoms with van der Waals surface area (Å²) >= 11 is 12.2. The molecule has 1 N–H and O–H groups in total. The van der Waals surface area contributed by atoms with E-state index in [0.717, 1.165) is 11.3 Å². The third-order valence-electron chi connectivity index (χ3n) is 3.54. The summed E-state index contributed by atoms with van der Waals surface area (Å²) in [6.07, 6.45) is 1.93. The lowest BCUT2D eigenvalue weighted by atomic mass is 10.2. The van der Waals surface area contributed by atoms with Crippen molar-refractivity contribution in [2.45, 2.75) is 6.54 Å². The van der Waals surface area contributed by atoms with E-state index in [0.29, 0.717) is 29.1 Å². The highest BCUT2D eigenvalue weighted by molar-refractivity contribution is 6.35. The van der Waals surface area contributed by atoms with Gasteiger partial charge in [-0.1, -0.05) is 47.5 Å². The molecule has 0 amide bonds. The van der Waals surface area contributed by atoms with Crippen molar-refractivity contribution in [3.63, 3.8) is 0 Å². The zero-order chi connectivity index (χ0) is 16.2. The Labute approximate surface area is 145 Å². The molecule has 0 atom stereocenters. The van der Waals surface area contributed by atoms with Crippen LogP contribution in [-0.2, 0) is 11.3 Å². The number of benzene rings is 2. The van der Waals surface area contributed by atoms with Crippen molar-refractivity contribution >= 4 is 28.9 Å². The second-order valence-electron chi connectivity index (χ2n) is 5.20. The first-order valence-electron chi connectivity index (χ1n) is 7.19. The summed E-state index contributed by atoms with van der Waals surface area (Å²) in [6.45, 7) is 1.32. The molecule has 0 spiro atoms. The predicted molar refractivity (Wildman–Crippen MR) is 94.0 cm³/mol. The molecule has 0 aromatic heterocycles. The first kappa shape index (κ1) is 15.8. The van der Waals surface area contributed by atoms with Crippen molar-refractivity contribution in [1.82, 2.24) is 10.3 Å². The topological polar surface area (TPSA) is 27.7 Å². The fourth-order valence-corrected chi connectivity index (χ4v) is 2.87. The Morgan fingerprint density at radius 2 is 1.91 bits per heavy atom. The fourth-order valence-electron chi connectivity index (χ4n) is 2.40. The summed E-state index contributed by atoms with van der Waals surface area (Å²) < 4.78 is 5.37. The first-order valence-corrected chi connectivity index (χ1v) is 7.94.